The topological polar surface area (TPSA) is 17.1 Å². The average molecular weight is 168 g/mol. The van der Waals surface area contributed by atoms with Crippen LogP contribution in [0.25, 0.3) is 0 Å². The summed E-state index contributed by atoms with van der Waals surface area (Å²) >= 11 is 0. The maximum atomic E-state index is 10.6. The van der Waals surface area contributed by atoms with Crippen molar-refractivity contribution in [2.75, 3.05) is 0 Å². The van der Waals surface area contributed by atoms with Gasteiger partial charge in [0.1, 0.15) is 6.29 Å². The first-order valence-electron chi connectivity index (χ1n) is 5.30. The van der Waals surface area contributed by atoms with E-state index in [1.54, 1.807) is 0 Å². The van der Waals surface area contributed by atoms with Crippen LogP contribution in [0.4, 0.5) is 0 Å². The van der Waals surface area contributed by atoms with E-state index < -0.39 is 0 Å². The van der Waals surface area contributed by atoms with Crippen molar-refractivity contribution in [3.8, 4) is 0 Å². The fourth-order valence-corrected chi connectivity index (χ4v) is 2.12. The molecule has 0 aromatic carbocycles. The maximum Gasteiger partial charge on any atom is 0.123 e. The molecule has 0 N–H and O–H groups in total. The Labute approximate surface area is 75.5 Å². The van der Waals surface area contributed by atoms with E-state index in [2.05, 4.69) is 6.92 Å². The van der Waals surface area contributed by atoms with Crippen LogP contribution in [0, 0.1) is 11.8 Å². The molecule has 1 rings (SSSR count). The van der Waals surface area contributed by atoms with Crippen LogP contribution in [0.3, 0.4) is 0 Å². The lowest BCUT2D eigenvalue weighted by Crippen LogP contribution is -2.14. The van der Waals surface area contributed by atoms with Crippen molar-refractivity contribution in [3.05, 3.63) is 0 Å². The Bertz CT molecular complexity index is 123. The van der Waals surface area contributed by atoms with Gasteiger partial charge in [0.05, 0.1) is 0 Å². The monoisotopic (exact) mass is 168 g/mol. The standard InChI is InChI=1S/C11H20O/c1-10(9-12)11-7-5-3-2-4-6-8-11/h9-11H,2-8H2,1H3. The molecule has 0 saturated heterocycles. The molecule has 0 aromatic rings. The Morgan fingerprint density at radius 1 is 1.08 bits per heavy atom. The van der Waals surface area contributed by atoms with Gasteiger partial charge in [0, 0.05) is 5.92 Å². The number of rotatable bonds is 2. The fraction of sp³-hybridized carbons (Fsp3) is 0.909. The molecule has 70 valence electrons. The van der Waals surface area contributed by atoms with E-state index in [9.17, 15) is 4.79 Å². The van der Waals surface area contributed by atoms with Crippen LogP contribution < -0.4 is 0 Å². The first-order chi connectivity index (χ1) is 5.84. The van der Waals surface area contributed by atoms with Crippen molar-refractivity contribution < 1.29 is 4.79 Å². The fourth-order valence-electron chi connectivity index (χ4n) is 2.12. The maximum absolute atomic E-state index is 10.6. The molecule has 1 fully saturated rings. The van der Waals surface area contributed by atoms with Crippen LogP contribution in [-0.4, -0.2) is 6.29 Å². The van der Waals surface area contributed by atoms with E-state index >= 15 is 0 Å². The zero-order valence-electron chi connectivity index (χ0n) is 8.09. The molecule has 1 aliphatic rings. The van der Waals surface area contributed by atoms with Gasteiger partial charge >= 0.3 is 0 Å². The third-order valence-corrected chi connectivity index (χ3v) is 3.11. The highest BCUT2D eigenvalue weighted by atomic mass is 16.1. The summed E-state index contributed by atoms with van der Waals surface area (Å²) in [4.78, 5) is 10.6. The molecule has 1 saturated carbocycles. The highest BCUT2D eigenvalue weighted by Gasteiger charge is 2.17. The lowest BCUT2D eigenvalue weighted by Gasteiger charge is -2.21. The summed E-state index contributed by atoms with van der Waals surface area (Å²) < 4.78 is 0. The van der Waals surface area contributed by atoms with Gasteiger partial charge < -0.3 is 4.79 Å². The van der Waals surface area contributed by atoms with Gasteiger partial charge in [-0.3, -0.25) is 0 Å². The minimum atomic E-state index is 0.295. The molecule has 1 aliphatic carbocycles. The summed E-state index contributed by atoms with van der Waals surface area (Å²) in [5.74, 6) is 0.978. The molecule has 0 radical (unpaired) electrons. The Hall–Kier alpha value is -0.330. The van der Waals surface area contributed by atoms with Crippen molar-refractivity contribution in [2.45, 2.75) is 51.9 Å². The zero-order chi connectivity index (χ0) is 8.81. The molecule has 0 aliphatic heterocycles. The second kappa shape index (κ2) is 5.34. The Balaban J connectivity index is 2.33. The van der Waals surface area contributed by atoms with Crippen LogP contribution in [0.5, 0.6) is 0 Å². The van der Waals surface area contributed by atoms with Gasteiger partial charge in [0.2, 0.25) is 0 Å². The molecule has 0 bridgehead atoms. The van der Waals surface area contributed by atoms with Gasteiger partial charge in [-0.1, -0.05) is 39.0 Å². The molecule has 0 amide bonds. The molecule has 1 atom stereocenters. The van der Waals surface area contributed by atoms with Gasteiger partial charge in [0.25, 0.3) is 0 Å². The van der Waals surface area contributed by atoms with Gasteiger partial charge in [0.15, 0.2) is 0 Å². The smallest absolute Gasteiger partial charge is 0.123 e. The van der Waals surface area contributed by atoms with Crippen LogP contribution in [0.1, 0.15) is 51.9 Å². The highest BCUT2D eigenvalue weighted by molar-refractivity contribution is 5.53. The van der Waals surface area contributed by atoms with Crippen LogP contribution in [0.2, 0.25) is 0 Å². The Kier molecular flexibility index (Phi) is 4.34. The lowest BCUT2D eigenvalue weighted by molar-refractivity contribution is -0.112. The van der Waals surface area contributed by atoms with Crippen molar-refractivity contribution in [1.82, 2.24) is 0 Å². The Morgan fingerprint density at radius 3 is 2.08 bits per heavy atom. The minimum Gasteiger partial charge on any atom is -0.303 e. The summed E-state index contributed by atoms with van der Waals surface area (Å²) in [7, 11) is 0. The van der Waals surface area contributed by atoms with Crippen LogP contribution >= 0.6 is 0 Å². The molecular formula is C11H20O. The third-order valence-electron chi connectivity index (χ3n) is 3.11. The predicted molar refractivity (Wildman–Crippen MR) is 51.0 cm³/mol. The average Bonchev–Trinajstić information content (AvgIpc) is 2.02. The molecule has 12 heavy (non-hydrogen) atoms. The number of carbonyl (C=O) groups is 1. The largest absolute Gasteiger partial charge is 0.303 e. The third kappa shape index (κ3) is 2.96. The van der Waals surface area contributed by atoms with Gasteiger partial charge in [-0.15, -0.1) is 0 Å². The molecule has 1 heteroatoms. The van der Waals surface area contributed by atoms with Crippen molar-refractivity contribution in [1.29, 1.82) is 0 Å². The quantitative estimate of drug-likeness (QED) is 0.579. The van der Waals surface area contributed by atoms with E-state index in [0.29, 0.717) is 11.8 Å². The van der Waals surface area contributed by atoms with Crippen LogP contribution in [0.15, 0.2) is 0 Å². The first kappa shape index (κ1) is 9.76. The van der Waals surface area contributed by atoms with E-state index in [1.165, 1.54) is 44.9 Å². The van der Waals surface area contributed by atoms with E-state index in [1.807, 2.05) is 0 Å². The first-order valence-corrected chi connectivity index (χ1v) is 5.30. The highest BCUT2D eigenvalue weighted by Crippen LogP contribution is 2.26. The van der Waals surface area contributed by atoms with E-state index in [0.717, 1.165) is 6.29 Å². The number of carbonyl (C=O) groups excluding carboxylic acids is 1. The summed E-state index contributed by atoms with van der Waals surface area (Å²) in [6.45, 7) is 2.07. The summed E-state index contributed by atoms with van der Waals surface area (Å²) in [6.07, 6.45) is 10.5. The van der Waals surface area contributed by atoms with Gasteiger partial charge in [-0.05, 0) is 18.8 Å². The van der Waals surface area contributed by atoms with Crippen LogP contribution in [-0.2, 0) is 4.79 Å². The normalized spacial score (nSPS) is 24.1. The molecule has 0 spiro atoms. The summed E-state index contributed by atoms with van der Waals surface area (Å²) in [5, 5.41) is 0. The second-order valence-corrected chi connectivity index (χ2v) is 4.10. The predicted octanol–water partition coefficient (Wildman–Crippen LogP) is 3.18. The molecule has 0 aromatic heterocycles. The molecule has 0 heterocycles. The molecule has 1 nitrogen and oxygen atoms in total. The Morgan fingerprint density at radius 2 is 1.58 bits per heavy atom. The SMILES string of the molecule is CC(C=O)C1CCCCCCC1. The lowest BCUT2D eigenvalue weighted by atomic mass is 9.83. The number of aldehydes is 1. The minimum absolute atomic E-state index is 0.295. The summed E-state index contributed by atoms with van der Waals surface area (Å²) in [5.41, 5.74) is 0. The molecule has 1 unspecified atom stereocenters. The number of hydrogen-bond acceptors (Lipinski definition) is 1. The zero-order valence-corrected chi connectivity index (χ0v) is 8.09. The van der Waals surface area contributed by atoms with Gasteiger partial charge in [-0.2, -0.15) is 0 Å². The van der Waals surface area contributed by atoms with E-state index in [4.69, 9.17) is 0 Å². The summed E-state index contributed by atoms with van der Waals surface area (Å²) in [6, 6.07) is 0. The van der Waals surface area contributed by atoms with Gasteiger partial charge in [-0.25, -0.2) is 0 Å². The van der Waals surface area contributed by atoms with Crippen molar-refractivity contribution in [3.63, 3.8) is 0 Å². The van der Waals surface area contributed by atoms with E-state index in [-0.39, 0.29) is 0 Å². The number of hydrogen-bond donors (Lipinski definition) is 0. The molecular weight excluding hydrogens is 148 g/mol. The second-order valence-electron chi connectivity index (χ2n) is 4.10. The van der Waals surface area contributed by atoms with Crippen molar-refractivity contribution >= 4 is 6.29 Å². The van der Waals surface area contributed by atoms with Crippen molar-refractivity contribution in [2.24, 2.45) is 11.8 Å².